The van der Waals surface area contributed by atoms with Crippen molar-refractivity contribution in [2.45, 2.75) is 12.1 Å². The van der Waals surface area contributed by atoms with Crippen molar-refractivity contribution >= 4 is 11.9 Å². The highest BCUT2D eigenvalue weighted by molar-refractivity contribution is 6.09. The molecule has 4 aromatic rings. The largest absolute Gasteiger partial charge is 0.444 e. The van der Waals surface area contributed by atoms with Gasteiger partial charge in [-0.15, -0.1) is 0 Å². The molecule has 1 fully saturated rings. The Hall–Kier alpha value is -4.26. The zero-order valence-corrected chi connectivity index (χ0v) is 16.9. The Balaban J connectivity index is 1.49. The number of carbonyl (C=O) groups is 2. The van der Waals surface area contributed by atoms with Crippen molar-refractivity contribution in [1.82, 2.24) is 15.2 Å². The normalized spacial score (nSPS) is 15.1. The number of hydrogen-bond acceptors (Lipinski definition) is 4. The standard InChI is InChI=1S/C25H18FN3O3/c26-20-13-7-8-17(14-20)22-27-21(16-32-22)15-29-23(30)25(28-24(29)31,18-9-3-1-4-10-18)19-11-5-2-6-12-19/h1-14,16H,15H2,(H,28,31). The average molecular weight is 427 g/mol. The first kappa shape index (κ1) is 19.7. The highest BCUT2D eigenvalue weighted by atomic mass is 19.1. The number of urea groups is 1. The molecule has 3 aromatic carbocycles. The third kappa shape index (κ3) is 3.24. The Labute approximate surface area is 183 Å². The molecule has 0 spiro atoms. The van der Waals surface area contributed by atoms with E-state index in [4.69, 9.17) is 4.42 Å². The van der Waals surface area contributed by atoms with Gasteiger partial charge in [0.15, 0.2) is 5.54 Å². The summed E-state index contributed by atoms with van der Waals surface area (Å²) < 4.78 is 19.0. The van der Waals surface area contributed by atoms with Gasteiger partial charge in [-0.25, -0.2) is 14.2 Å². The first-order valence-electron chi connectivity index (χ1n) is 10.0. The van der Waals surface area contributed by atoms with Crippen LogP contribution in [0.15, 0.2) is 95.6 Å². The van der Waals surface area contributed by atoms with E-state index in [0.29, 0.717) is 22.4 Å². The van der Waals surface area contributed by atoms with Gasteiger partial charge in [-0.1, -0.05) is 66.7 Å². The second-order valence-corrected chi connectivity index (χ2v) is 7.46. The molecule has 0 unspecified atom stereocenters. The number of amides is 3. The Bertz CT molecular complexity index is 1250. The lowest BCUT2D eigenvalue weighted by molar-refractivity contribution is -0.130. The van der Waals surface area contributed by atoms with Gasteiger partial charge < -0.3 is 9.73 Å². The minimum atomic E-state index is -1.34. The van der Waals surface area contributed by atoms with Crippen LogP contribution in [-0.4, -0.2) is 21.8 Å². The molecule has 0 atom stereocenters. The fraction of sp³-hybridized carbons (Fsp3) is 0.0800. The lowest BCUT2D eigenvalue weighted by Gasteiger charge is -2.27. The zero-order chi connectivity index (χ0) is 22.1. The summed E-state index contributed by atoms with van der Waals surface area (Å²) in [4.78, 5) is 32.1. The summed E-state index contributed by atoms with van der Waals surface area (Å²) in [6, 6.07) is 23.6. The molecule has 0 bridgehead atoms. The molecule has 3 amide bonds. The average Bonchev–Trinajstić information content (AvgIpc) is 3.39. The van der Waals surface area contributed by atoms with Crippen LogP contribution in [0.4, 0.5) is 9.18 Å². The molecule has 7 heteroatoms. The molecule has 32 heavy (non-hydrogen) atoms. The van der Waals surface area contributed by atoms with E-state index >= 15 is 0 Å². The van der Waals surface area contributed by atoms with Crippen molar-refractivity contribution in [3.05, 3.63) is 114 Å². The predicted octanol–water partition coefficient (Wildman–Crippen LogP) is 4.48. The van der Waals surface area contributed by atoms with Gasteiger partial charge in [-0.05, 0) is 29.3 Å². The number of oxazole rings is 1. The number of halogens is 1. The number of nitrogens with zero attached hydrogens (tertiary/aromatic N) is 2. The topological polar surface area (TPSA) is 75.4 Å². The summed E-state index contributed by atoms with van der Waals surface area (Å²) in [5.74, 6) is -0.606. The van der Waals surface area contributed by atoms with Crippen LogP contribution >= 0.6 is 0 Å². The van der Waals surface area contributed by atoms with Crippen molar-refractivity contribution in [2.24, 2.45) is 0 Å². The van der Waals surface area contributed by atoms with Crippen LogP contribution in [0, 0.1) is 5.82 Å². The number of aromatic nitrogens is 1. The summed E-state index contributed by atoms with van der Waals surface area (Å²) in [7, 11) is 0. The Kier molecular flexibility index (Phi) is 4.78. The molecule has 2 heterocycles. The second-order valence-electron chi connectivity index (χ2n) is 7.46. The highest BCUT2D eigenvalue weighted by Crippen LogP contribution is 2.36. The van der Waals surface area contributed by atoms with E-state index in [2.05, 4.69) is 10.3 Å². The first-order chi connectivity index (χ1) is 15.6. The van der Waals surface area contributed by atoms with Gasteiger partial charge in [0.05, 0.1) is 12.2 Å². The predicted molar refractivity (Wildman–Crippen MR) is 115 cm³/mol. The fourth-order valence-corrected chi connectivity index (χ4v) is 3.95. The molecular formula is C25H18FN3O3. The van der Waals surface area contributed by atoms with Crippen molar-refractivity contribution < 1.29 is 18.4 Å². The molecule has 1 N–H and O–H groups in total. The van der Waals surface area contributed by atoms with Crippen molar-refractivity contribution in [3.63, 3.8) is 0 Å². The quantitative estimate of drug-likeness (QED) is 0.477. The van der Waals surface area contributed by atoms with Crippen LogP contribution in [0.3, 0.4) is 0 Å². The minimum Gasteiger partial charge on any atom is -0.444 e. The molecular weight excluding hydrogens is 409 g/mol. The maximum atomic E-state index is 13.7. The molecule has 158 valence electrons. The van der Waals surface area contributed by atoms with E-state index in [1.165, 1.54) is 18.4 Å². The van der Waals surface area contributed by atoms with E-state index in [1.54, 1.807) is 12.1 Å². The third-order valence-corrected chi connectivity index (χ3v) is 5.46. The van der Waals surface area contributed by atoms with Crippen LogP contribution in [0.1, 0.15) is 16.8 Å². The number of hydrogen-bond donors (Lipinski definition) is 1. The maximum absolute atomic E-state index is 13.7. The van der Waals surface area contributed by atoms with Crippen LogP contribution < -0.4 is 5.32 Å². The molecule has 0 saturated carbocycles. The number of benzene rings is 3. The molecule has 1 aliphatic rings. The van der Waals surface area contributed by atoms with Crippen LogP contribution in [0.5, 0.6) is 0 Å². The van der Waals surface area contributed by atoms with Gasteiger partial charge in [0.25, 0.3) is 5.91 Å². The van der Waals surface area contributed by atoms with Crippen molar-refractivity contribution in [1.29, 1.82) is 0 Å². The third-order valence-electron chi connectivity index (χ3n) is 5.46. The van der Waals surface area contributed by atoms with Crippen molar-refractivity contribution in [2.75, 3.05) is 0 Å². The van der Waals surface area contributed by atoms with E-state index in [1.807, 2.05) is 60.7 Å². The van der Waals surface area contributed by atoms with Gasteiger partial charge in [-0.2, -0.15) is 0 Å². The highest BCUT2D eigenvalue weighted by Gasteiger charge is 2.53. The van der Waals surface area contributed by atoms with Gasteiger partial charge in [0, 0.05) is 5.56 Å². The fourth-order valence-electron chi connectivity index (χ4n) is 3.95. The van der Waals surface area contributed by atoms with E-state index in [-0.39, 0.29) is 12.4 Å². The lowest BCUT2D eigenvalue weighted by atomic mass is 9.82. The minimum absolute atomic E-state index is 0.0785. The smallest absolute Gasteiger partial charge is 0.325 e. The molecule has 1 saturated heterocycles. The van der Waals surface area contributed by atoms with E-state index < -0.39 is 23.3 Å². The Morgan fingerprint density at radius 3 is 2.19 bits per heavy atom. The number of nitrogens with one attached hydrogen (secondary N) is 1. The van der Waals surface area contributed by atoms with Crippen LogP contribution in [0.25, 0.3) is 11.5 Å². The number of rotatable bonds is 5. The molecule has 5 rings (SSSR count). The van der Waals surface area contributed by atoms with Gasteiger partial charge >= 0.3 is 6.03 Å². The van der Waals surface area contributed by atoms with Crippen LogP contribution in [-0.2, 0) is 16.9 Å². The molecule has 6 nitrogen and oxygen atoms in total. The maximum Gasteiger partial charge on any atom is 0.325 e. The summed E-state index contributed by atoms with van der Waals surface area (Å²) in [6.07, 6.45) is 1.37. The monoisotopic (exact) mass is 427 g/mol. The van der Waals surface area contributed by atoms with E-state index in [9.17, 15) is 14.0 Å². The SMILES string of the molecule is O=C1NC(c2ccccc2)(c2ccccc2)C(=O)N1Cc1coc(-c2cccc(F)c2)n1. The summed E-state index contributed by atoms with van der Waals surface area (Å²) in [5, 5.41) is 2.90. The summed E-state index contributed by atoms with van der Waals surface area (Å²) >= 11 is 0. The Morgan fingerprint density at radius 2 is 1.56 bits per heavy atom. The Morgan fingerprint density at radius 1 is 0.906 bits per heavy atom. The van der Waals surface area contributed by atoms with E-state index in [0.717, 1.165) is 4.90 Å². The number of imide groups is 1. The van der Waals surface area contributed by atoms with Gasteiger partial charge in [0.1, 0.15) is 12.1 Å². The summed E-state index contributed by atoms with van der Waals surface area (Å²) in [5.41, 5.74) is 0.829. The zero-order valence-electron chi connectivity index (χ0n) is 16.9. The molecule has 1 aromatic heterocycles. The molecule has 0 radical (unpaired) electrons. The molecule has 0 aliphatic carbocycles. The second kappa shape index (κ2) is 7.77. The molecule has 1 aliphatic heterocycles. The van der Waals surface area contributed by atoms with Crippen molar-refractivity contribution in [3.8, 4) is 11.5 Å². The van der Waals surface area contributed by atoms with Gasteiger partial charge in [0.2, 0.25) is 5.89 Å². The summed E-state index contributed by atoms with van der Waals surface area (Å²) in [6.45, 7) is -0.0785. The first-order valence-corrected chi connectivity index (χ1v) is 10.0. The number of carbonyl (C=O) groups excluding carboxylic acids is 2. The van der Waals surface area contributed by atoms with Gasteiger partial charge in [-0.3, -0.25) is 9.69 Å². The van der Waals surface area contributed by atoms with Crippen LogP contribution in [0.2, 0.25) is 0 Å². The lowest BCUT2D eigenvalue weighted by Crippen LogP contribution is -2.45.